The van der Waals surface area contributed by atoms with Crippen molar-refractivity contribution in [2.24, 2.45) is 23.2 Å². The second-order valence-electron chi connectivity index (χ2n) is 7.46. The second kappa shape index (κ2) is 6.33. The summed E-state index contributed by atoms with van der Waals surface area (Å²) < 4.78 is 5.32. The molecule has 3 nitrogen and oxygen atoms in total. The average molecular weight is 292 g/mol. The Bertz CT molecular complexity index is 436. The number of allylic oxidation sites excluding steroid dienone is 2. The summed E-state index contributed by atoms with van der Waals surface area (Å²) in [5.74, 6) is 0.409. The van der Waals surface area contributed by atoms with Crippen molar-refractivity contribution in [2.45, 2.75) is 65.9 Å². The first kappa shape index (κ1) is 16.3. The van der Waals surface area contributed by atoms with Crippen LogP contribution in [-0.2, 0) is 14.3 Å². The van der Waals surface area contributed by atoms with E-state index in [2.05, 4.69) is 33.8 Å². The Morgan fingerprint density at radius 2 is 2.14 bits per heavy atom. The van der Waals surface area contributed by atoms with Crippen molar-refractivity contribution in [3.8, 4) is 0 Å². The van der Waals surface area contributed by atoms with Crippen molar-refractivity contribution < 1.29 is 14.3 Å². The van der Waals surface area contributed by atoms with Crippen LogP contribution >= 0.6 is 0 Å². The maximum Gasteiger partial charge on any atom is 0.306 e. The van der Waals surface area contributed by atoms with E-state index >= 15 is 0 Å². The van der Waals surface area contributed by atoms with Gasteiger partial charge in [-0.1, -0.05) is 46.6 Å². The van der Waals surface area contributed by atoms with E-state index in [1.807, 2.05) is 0 Å². The smallest absolute Gasteiger partial charge is 0.306 e. The number of ketones is 1. The summed E-state index contributed by atoms with van der Waals surface area (Å²) in [6, 6.07) is 0. The number of carbonyl (C=O) groups excluding carboxylic acids is 2. The average Bonchev–Trinajstić information content (AvgIpc) is 2.88. The maximum atomic E-state index is 12.6. The van der Waals surface area contributed by atoms with Crippen molar-refractivity contribution >= 4 is 11.8 Å². The van der Waals surface area contributed by atoms with Gasteiger partial charge in [-0.2, -0.15) is 0 Å². The van der Waals surface area contributed by atoms with E-state index in [1.54, 1.807) is 6.08 Å². The molecule has 0 radical (unpaired) electrons. The van der Waals surface area contributed by atoms with Crippen molar-refractivity contribution in [1.82, 2.24) is 0 Å². The van der Waals surface area contributed by atoms with Crippen LogP contribution in [0, 0.1) is 23.2 Å². The number of carbonyl (C=O) groups is 2. The zero-order chi connectivity index (χ0) is 15.6. The molecule has 1 heterocycles. The molecule has 1 aliphatic heterocycles. The summed E-state index contributed by atoms with van der Waals surface area (Å²) in [7, 11) is 0. The monoisotopic (exact) mass is 292 g/mol. The standard InChI is InChI=1S/C18H28O3/c1-5-6-8-18(3,4)9-7-14(19)17-12(2)10-15-13(17)11-16(20)21-15/h7,9,12-13,15,17H,5-6,8,10-11H2,1-4H3. The van der Waals surface area contributed by atoms with Gasteiger partial charge in [0.2, 0.25) is 0 Å². The van der Waals surface area contributed by atoms with Gasteiger partial charge >= 0.3 is 5.97 Å². The molecule has 21 heavy (non-hydrogen) atoms. The molecule has 1 aliphatic carbocycles. The van der Waals surface area contributed by atoms with E-state index < -0.39 is 0 Å². The summed E-state index contributed by atoms with van der Waals surface area (Å²) in [6.07, 6.45) is 8.50. The van der Waals surface area contributed by atoms with Crippen LogP contribution < -0.4 is 0 Å². The van der Waals surface area contributed by atoms with E-state index in [-0.39, 0.29) is 35.1 Å². The Labute approximate surface area is 128 Å². The fourth-order valence-electron chi connectivity index (χ4n) is 3.77. The highest BCUT2D eigenvalue weighted by Gasteiger charge is 2.50. The Kier molecular flexibility index (Phi) is 4.90. The highest BCUT2D eigenvalue weighted by atomic mass is 16.6. The first-order chi connectivity index (χ1) is 9.84. The number of fused-ring (bicyclic) bond motifs is 1. The molecule has 4 atom stereocenters. The van der Waals surface area contributed by atoms with E-state index in [4.69, 9.17) is 4.74 Å². The normalized spacial score (nSPS) is 32.5. The van der Waals surface area contributed by atoms with Crippen molar-refractivity contribution in [3.63, 3.8) is 0 Å². The number of rotatable bonds is 6. The molecular weight excluding hydrogens is 264 g/mol. The van der Waals surface area contributed by atoms with E-state index in [0.29, 0.717) is 12.3 Å². The molecule has 2 rings (SSSR count). The molecule has 118 valence electrons. The van der Waals surface area contributed by atoms with Crippen LogP contribution in [0.2, 0.25) is 0 Å². The number of ether oxygens (including phenoxy) is 1. The van der Waals surface area contributed by atoms with Crippen LogP contribution in [0.25, 0.3) is 0 Å². The summed E-state index contributed by atoms with van der Waals surface area (Å²) in [4.78, 5) is 24.0. The van der Waals surface area contributed by atoms with Crippen LogP contribution in [0.5, 0.6) is 0 Å². The fraction of sp³-hybridized carbons (Fsp3) is 0.778. The Morgan fingerprint density at radius 3 is 2.81 bits per heavy atom. The lowest BCUT2D eigenvalue weighted by molar-refractivity contribution is -0.141. The third-order valence-electron chi connectivity index (χ3n) is 5.04. The van der Waals surface area contributed by atoms with Gasteiger partial charge in [0.25, 0.3) is 0 Å². The molecular formula is C18H28O3. The van der Waals surface area contributed by atoms with Gasteiger partial charge in [0.05, 0.1) is 6.42 Å². The van der Waals surface area contributed by atoms with Gasteiger partial charge in [0.15, 0.2) is 5.78 Å². The molecule has 0 spiro atoms. The van der Waals surface area contributed by atoms with E-state index in [1.165, 1.54) is 12.8 Å². The van der Waals surface area contributed by atoms with Gasteiger partial charge in [-0.05, 0) is 30.3 Å². The highest BCUT2D eigenvalue weighted by Crippen LogP contribution is 2.45. The number of hydrogen-bond acceptors (Lipinski definition) is 3. The molecule has 2 fully saturated rings. The zero-order valence-corrected chi connectivity index (χ0v) is 13.7. The Morgan fingerprint density at radius 1 is 1.43 bits per heavy atom. The maximum absolute atomic E-state index is 12.6. The van der Waals surface area contributed by atoms with Gasteiger partial charge in [-0.25, -0.2) is 0 Å². The van der Waals surface area contributed by atoms with E-state index in [0.717, 1.165) is 12.8 Å². The third-order valence-corrected chi connectivity index (χ3v) is 5.04. The molecule has 0 bridgehead atoms. The van der Waals surface area contributed by atoms with Gasteiger partial charge < -0.3 is 4.74 Å². The summed E-state index contributed by atoms with van der Waals surface area (Å²) in [5.41, 5.74) is 0.0644. The highest BCUT2D eigenvalue weighted by molar-refractivity contribution is 5.93. The summed E-state index contributed by atoms with van der Waals surface area (Å²) in [6.45, 7) is 8.64. The molecule has 0 aromatic rings. The zero-order valence-electron chi connectivity index (χ0n) is 13.7. The minimum absolute atomic E-state index is 0.0250. The summed E-state index contributed by atoms with van der Waals surface area (Å²) in [5, 5.41) is 0. The first-order valence-corrected chi connectivity index (χ1v) is 8.26. The molecule has 0 aromatic carbocycles. The lowest BCUT2D eigenvalue weighted by Gasteiger charge is -2.21. The predicted octanol–water partition coefficient (Wildman–Crippen LogP) is 3.92. The van der Waals surface area contributed by atoms with Crippen molar-refractivity contribution in [1.29, 1.82) is 0 Å². The van der Waals surface area contributed by atoms with Crippen LogP contribution in [0.1, 0.15) is 59.8 Å². The SMILES string of the molecule is CCCCC(C)(C)C=CC(=O)C1C(C)CC2OC(=O)CC21. The third kappa shape index (κ3) is 3.75. The molecule has 4 unspecified atom stereocenters. The van der Waals surface area contributed by atoms with Crippen LogP contribution in [0.4, 0.5) is 0 Å². The van der Waals surface area contributed by atoms with Crippen LogP contribution in [0.15, 0.2) is 12.2 Å². The van der Waals surface area contributed by atoms with Gasteiger partial charge in [0, 0.05) is 11.8 Å². The minimum atomic E-state index is -0.137. The van der Waals surface area contributed by atoms with Gasteiger partial charge in [-0.3, -0.25) is 9.59 Å². The lowest BCUT2D eigenvalue weighted by atomic mass is 9.82. The van der Waals surface area contributed by atoms with E-state index in [9.17, 15) is 9.59 Å². The number of esters is 1. The Balaban J connectivity index is 2.01. The van der Waals surface area contributed by atoms with Crippen LogP contribution in [-0.4, -0.2) is 17.9 Å². The Hall–Kier alpha value is -1.12. The minimum Gasteiger partial charge on any atom is -0.462 e. The number of unbranched alkanes of at least 4 members (excludes halogenated alkanes) is 1. The quantitative estimate of drug-likeness (QED) is 0.550. The van der Waals surface area contributed by atoms with Crippen molar-refractivity contribution in [3.05, 3.63) is 12.2 Å². The first-order valence-electron chi connectivity index (χ1n) is 8.26. The largest absolute Gasteiger partial charge is 0.462 e. The molecule has 1 saturated carbocycles. The van der Waals surface area contributed by atoms with Gasteiger partial charge in [-0.15, -0.1) is 0 Å². The topological polar surface area (TPSA) is 43.4 Å². The molecule has 1 saturated heterocycles. The molecule has 0 aromatic heterocycles. The molecule has 3 heteroatoms. The number of hydrogen-bond donors (Lipinski definition) is 0. The molecule has 0 amide bonds. The fourth-order valence-corrected chi connectivity index (χ4v) is 3.77. The summed E-state index contributed by atoms with van der Waals surface area (Å²) >= 11 is 0. The predicted molar refractivity (Wildman–Crippen MR) is 82.7 cm³/mol. The molecule has 0 N–H and O–H groups in total. The lowest BCUT2D eigenvalue weighted by Crippen LogP contribution is -2.24. The molecule has 2 aliphatic rings. The van der Waals surface area contributed by atoms with Crippen LogP contribution in [0.3, 0.4) is 0 Å². The van der Waals surface area contributed by atoms with Gasteiger partial charge in [0.1, 0.15) is 6.10 Å². The van der Waals surface area contributed by atoms with Crippen molar-refractivity contribution in [2.75, 3.05) is 0 Å². The second-order valence-corrected chi connectivity index (χ2v) is 7.46.